The van der Waals surface area contributed by atoms with E-state index in [1.807, 2.05) is 0 Å². The molecule has 0 aliphatic carbocycles. The molecule has 6 nitrogen and oxygen atoms in total. The Kier molecular flexibility index (Phi) is 6.68. The Morgan fingerprint density at radius 2 is 1.77 bits per heavy atom. The SMILES string of the molecule is COC(=O)CCC(=O)Nc1cccc(C(=O)Nc2ccc(F)c(Cl)c2)c1. The van der Waals surface area contributed by atoms with Crippen LogP contribution in [0.1, 0.15) is 23.2 Å². The molecule has 0 saturated heterocycles. The first-order valence-corrected chi connectivity index (χ1v) is 8.00. The van der Waals surface area contributed by atoms with Crippen LogP contribution in [-0.4, -0.2) is 24.9 Å². The molecule has 0 saturated carbocycles. The number of carbonyl (C=O) groups is 3. The van der Waals surface area contributed by atoms with E-state index < -0.39 is 17.7 Å². The molecule has 0 unspecified atom stereocenters. The van der Waals surface area contributed by atoms with Gasteiger partial charge in [0, 0.05) is 23.4 Å². The van der Waals surface area contributed by atoms with Crippen molar-refractivity contribution in [3.05, 3.63) is 58.9 Å². The van der Waals surface area contributed by atoms with Crippen molar-refractivity contribution in [1.29, 1.82) is 0 Å². The van der Waals surface area contributed by atoms with Gasteiger partial charge in [-0.05, 0) is 36.4 Å². The molecule has 0 fully saturated rings. The minimum atomic E-state index is -0.582. The van der Waals surface area contributed by atoms with Crippen LogP contribution in [-0.2, 0) is 14.3 Å². The standard InChI is InChI=1S/C18H16ClFN2O4/c1-26-17(24)8-7-16(23)21-12-4-2-3-11(9-12)18(25)22-13-5-6-15(20)14(19)10-13/h2-6,9-10H,7-8H2,1H3,(H,21,23)(H,22,25). The highest BCUT2D eigenvalue weighted by atomic mass is 35.5. The molecule has 2 rings (SSSR count). The van der Waals surface area contributed by atoms with Gasteiger partial charge in [0.2, 0.25) is 5.91 Å². The van der Waals surface area contributed by atoms with Crippen molar-refractivity contribution in [2.45, 2.75) is 12.8 Å². The summed E-state index contributed by atoms with van der Waals surface area (Å²) in [4.78, 5) is 35.1. The Labute approximate surface area is 154 Å². The minimum absolute atomic E-state index is 0.0306. The van der Waals surface area contributed by atoms with Crippen LogP contribution in [0.4, 0.5) is 15.8 Å². The van der Waals surface area contributed by atoms with Crippen LogP contribution in [0.2, 0.25) is 5.02 Å². The lowest BCUT2D eigenvalue weighted by Gasteiger charge is -2.09. The van der Waals surface area contributed by atoms with Gasteiger partial charge in [0.1, 0.15) is 5.82 Å². The van der Waals surface area contributed by atoms with E-state index in [-0.39, 0.29) is 29.3 Å². The number of hydrogen-bond acceptors (Lipinski definition) is 4. The third-order valence-corrected chi connectivity index (χ3v) is 3.66. The average Bonchev–Trinajstić information content (AvgIpc) is 2.63. The maximum absolute atomic E-state index is 13.2. The van der Waals surface area contributed by atoms with Crippen molar-refractivity contribution in [2.24, 2.45) is 0 Å². The molecule has 2 aromatic carbocycles. The number of carbonyl (C=O) groups excluding carboxylic acids is 3. The lowest BCUT2D eigenvalue weighted by Crippen LogP contribution is -2.15. The van der Waals surface area contributed by atoms with Crippen molar-refractivity contribution < 1.29 is 23.5 Å². The maximum Gasteiger partial charge on any atom is 0.306 e. The zero-order valence-electron chi connectivity index (χ0n) is 13.8. The summed E-state index contributed by atoms with van der Waals surface area (Å²) >= 11 is 5.68. The third-order valence-electron chi connectivity index (χ3n) is 3.37. The van der Waals surface area contributed by atoms with Gasteiger partial charge >= 0.3 is 5.97 Å². The molecule has 0 atom stereocenters. The van der Waals surface area contributed by atoms with Gasteiger partial charge in [0.05, 0.1) is 18.6 Å². The summed E-state index contributed by atoms with van der Waals surface area (Å²) in [5.74, 6) is -1.89. The van der Waals surface area contributed by atoms with E-state index in [1.165, 1.54) is 25.3 Å². The van der Waals surface area contributed by atoms with E-state index in [4.69, 9.17) is 11.6 Å². The second-order valence-electron chi connectivity index (χ2n) is 5.29. The average molecular weight is 379 g/mol. The fraction of sp³-hybridized carbons (Fsp3) is 0.167. The van der Waals surface area contributed by atoms with E-state index in [9.17, 15) is 18.8 Å². The van der Waals surface area contributed by atoms with Gasteiger partial charge in [0.15, 0.2) is 0 Å². The molecule has 2 amide bonds. The molecule has 0 aliphatic rings. The first-order chi connectivity index (χ1) is 12.4. The highest BCUT2D eigenvalue weighted by molar-refractivity contribution is 6.31. The molecule has 0 radical (unpaired) electrons. The molecule has 0 aromatic heterocycles. The number of nitrogens with one attached hydrogen (secondary N) is 2. The quantitative estimate of drug-likeness (QED) is 0.752. The lowest BCUT2D eigenvalue weighted by atomic mass is 10.1. The first-order valence-electron chi connectivity index (χ1n) is 7.62. The van der Waals surface area contributed by atoms with Gasteiger partial charge in [-0.3, -0.25) is 14.4 Å². The molecule has 0 spiro atoms. The number of amides is 2. The lowest BCUT2D eigenvalue weighted by molar-refractivity contribution is -0.141. The van der Waals surface area contributed by atoms with Crippen LogP contribution in [0.5, 0.6) is 0 Å². The number of hydrogen-bond donors (Lipinski definition) is 2. The third kappa shape index (κ3) is 5.56. The molecule has 8 heteroatoms. The van der Waals surface area contributed by atoms with Gasteiger partial charge in [-0.2, -0.15) is 0 Å². The summed E-state index contributed by atoms with van der Waals surface area (Å²) in [5, 5.41) is 5.09. The van der Waals surface area contributed by atoms with Crippen molar-refractivity contribution in [3.8, 4) is 0 Å². The molecule has 0 bridgehead atoms. The molecule has 0 aliphatic heterocycles. The highest BCUT2D eigenvalue weighted by Crippen LogP contribution is 2.20. The second-order valence-corrected chi connectivity index (χ2v) is 5.70. The van der Waals surface area contributed by atoms with Crippen LogP contribution < -0.4 is 10.6 Å². The van der Waals surface area contributed by atoms with E-state index in [0.717, 1.165) is 6.07 Å². The Bertz CT molecular complexity index is 842. The maximum atomic E-state index is 13.2. The van der Waals surface area contributed by atoms with Crippen molar-refractivity contribution >= 4 is 40.8 Å². The molecule has 136 valence electrons. The number of rotatable bonds is 6. The molecule has 2 aromatic rings. The predicted molar refractivity (Wildman–Crippen MR) is 95.7 cm³/mol. The Morgan fingerprint density at radius 3 is 2.46 bits per heavy atom. The van der Waals surface area contributed by atoms with Crippen LogP contribution in [0.15, 0.2) is 42.5 Å². The van der Waals surface area contributed by atoms with Crippen LogP contribution in [0.3, 0.4) is 0 Å². The van der Waals surface area contributed by atoms with Gasteiger partial charge in [-0.15, -0.1) is 0 Å². The summed E-state index contributed by atoms with van der Waals surface area (Å²) in [6.07, 6.45) is -0.0645. The Morgan fingerprint density at radius 1 is 1.04 bits per heavy atom. The second kappa shape index (κ2) is 8.96. The summed E-state index contributed by atoms with van der Waals surface area (Å²) in [6.45, 7) is 0. The smallest absolute Gasteiger partial charge is 0.306 e. The number of benzene rings is 2. The van der Waals surface area contributed by atoms with Crippen LogP contribution in [0.25, 0.3) is 0 Å². The van der Waals surface area contributed by atoms with Gasteiger partial charge < -0.3 is 15.4 Å². The number of anilines is 2. The fourth-order valence-electron chi connectivity index (χ4n) is 2.06. The number of halogens is 2. The van der Waals surface area contributed by atoms with Crippen molar-refractivity contribution in [2.75, 3.05) is 17.7 Å². The van der Waals surface area contributed by atoms with Crippen LogP contribution in [0, 0.1) is 5.82 Å². The highest BCUT2D eigenvalue weighted by Gasteiger charge is 2.11. The molecule has 2 N–H and O–H groups in total. The molecular weight excluding hydrogens is 363 g/mol. The Balaban J connectivity index is 2.01. The normalized spacial score (nSPS) is 10.1. The monoisotopic (exact) mass is 378 g/mol. The molecule has 0 heterocycles. The van der Waals surface area contributed by atoms with E-state index in [2.05, 4.69) is 15.4 Å². The summed E-state index contributed by atoms with van der Waals surface area (Å²) < 4.78 is 17.6. The Hall–Kier alpha value is -2.93. The number of esters is 1. The summed E-state index contributed by atoms with van der Waals surface area (Å²) in [5.41, 5.74) is 1.04. The predicted octanol–water partition coefficient (Wildman–Crippen LogP) is 3.62. The summed E-state index contributed by atoms with van der Waals surface area (Å²) in [7, 11) is 1.25. The topological polar surface area (TPSA) is 84.5 Å². The van der Waals surface area contributed by atoms with Gasteiger partial charge in [-0.25, -0.2) is 4.39 Å². The zero-order valence-corrected chi connectivity index (χ0v) is 14.6. The van der Waals surface area contributed by atoms with Gasteiger partial charge in [-0.1, -0.05) is 17.7 Å². The van der Waals surface area contributed by atoms with Crippen molar-refractivity contribution in [1.82, 2.24) is 0 Å². The fourth-order valence-corrected chi connectivity index (χ4v) is 2.24. The largest absolute Gasteiger partial charge is 0.469 e. The minimum Gasteiger partial charge on any atom is -0.469 e. The van der Waals surface area contributed by atoms with E-state index >= 15 is 0 Å². The summed E-state index contributed by atoms with van der Waals surface area (Å²) in [6, 6.07) is 10.1. The van der Waals surface area contributed by atoms with Crippen molar-refractivity contribution in [3.63, 3.8) is 0 Å². The molecule has 26 heavy (non-hydrogen) atoms. The zero-order chi connectivity index (χ0) is 19.1. The van der Waals surface area contributed by atoms with E-state index in [1.54, 1.807) is 18.2 Å². The number of methoxy groups -OCH3 is 1. The molecular formula is C18H16ClFN2O4. The first kappa shape index (κ1) is 19.4. The van der Waals surface area contributed by atoms with E-state index in [0.29, 0.717) is 11.4 Å². The number of ether oxygens (including phenoxy) is 1. The van der Waals surface area contributed by atoms with Gasteiger partial charge in [0.25, 0.3) is 5.91 Å². The van der Waals surface area contributed by atoms with Crippen LogP contribution >= 0.6 is 11.6 Å².